The van der Waals surface area contributed by atoms with Gasteiger partial charge in [-0.2, -0.15) is 0 Å². The van der Waals surface area contributed by atoms with Crippen molar-refractivity contribution in [2.45, 2.75) is 6.54 Å². The number of carbonyl (C=O) groups is 3. The summed E-state index contributed by atoms with van der Waals surface area (Å²) in [5.41, 5.74) is 2.93. The lowest BCUT2D eigenvalue weighted by Gasteiger charge is -2.10. The Balaban J connectivity index is 1.40. The van der Waals surface area contributed by atoms with Crippen LogP contribution in [-0.2, 0) is 20.8 Å². The number of nitrogens with zero attached hydrogens (tertiary/aromatic N) is 1. The van der Waals surface area contributed by atoms with Gasteiger partial charge in [0.2, 0.25) is 0 Å². The Labute approximate surface area is 194 Å². The third-order valence-corrected chi connectivity index (χ3v) is 5.80. The van der Waals surface area contributed by atoms with Crippen LogP contribution >= 0.6 is 11.3 Å². The van der Waals surface area contributed by atoms with Crippen LogP contribution in [-0.4, -0.2) is 36.5 Å². The van der Waals surface area contributed by atoms with Crippen LogP contribution in [0.25, 0.3) is 21.5 Å². The predicted molar refractivity (Wildman–Crippen MR) is 125 cm³/mol. The second kappa shape index (κ2) is 10.1. The number of aromatic nitrogens is 1. The molecule has 0 atom stereocenters. The summed E-state index contributed by atoms with van der Waals surface area (Å²) < 4.78 is 9.95. The molecule has 0 unspecified atom stereocenters. The molecular weight excluding hydrogens is 440 g/mol. The van der Waals surface area contributed by atoms with Gasteiger partial charge in [0.15, 0.2) is 6.61 Å². The van der Waals surface area contributed by atoms with Gasteiger partial charge in [0.1, 0.15) is 0 Å². The van der Waals surface area contributed by atoms with Gasteiger partial charge in [0.25, 0.3) is 5.91 Å². The highest BCUT2D eigenvalue weighted by molar-refractivity contribution is 7.13. The van der Waals surface area contributed by atoms with Gasteiger partial charge in [0, 0.05) is 11.9 Å². The second-order valence-corrected chi connectivity index (χ2v) is 8.04. The zero-order chi connectivity index (χ0) is 23.2. The van der Waals surface area contributed by atoms with Crippen molar-refractivity contribution in [2.75, 3.05) is 13.7 Å². The maximum absolute atomic E-state index is 12.8. The average Bonchev–Trinajstić information content (AvgIpc) is 3.40. The summed E-state index contributed by atoms with van der Waals surface area (Å²) in [7, 11) is 1.31. The molecule has 166 valence electrons. The number of benzene rings is 2. The monoisotopic (exact) mass is 460 g/mol. The smallest absolute Gasteiger partial charge is 0.339 e. The van der Waals surface area contributed by atoms with Crippen LogP contribution in [0.4, 0.5) is 0 Å². The first kappa shape index (κ1) is 22.2. The van der Waals surface area contributed by atoms with E-state index in [9.17, 15) is 14.4 Å². The van der Waals surface area contributed by atoms with E-state index in [1.807, 2.05) is 35.7 Å². The highest BCUT2D eigenvalue weighted by Gasteiger charge is 2.17. The van der Waals surface area contributed by atoms with Gasteiger partial charge in [-0.3, -0.25) is 4.79 Å². The molecule has 4 rings (SSSR count). The van der Waals surface area contributed by atoms with Crippen molar-refractivity contribution in [3.8, 4) is 10.6 Å². The molecule has 33 heavy (non-hydrogen) atoms. The Morgan fingerprint density at radius 3 is 2.48 bits per heavy atom. The van der Waals surface area contributed by atoms with E-state index in [0.717, 1.165) is 10.4 Å². The first-order chi connectivity index (χ1) is 16.0. The minimum Gasteiger partial charge on any atom is -0.465 e. The van der Waals surface area contributed by atoms with Gasteiger partial charge < -0.3 is 14.8 Å². The standard InChI is InChI=1S/C25H20N2O5S/c1-31-24(29)17-10-8-16(9-11-17)14-26-23(28)15-32-25(30)19-13-21(22-7-4-12-33-22)27-20-6-3-2-5-18(19)20/h2-13H,14-15H2,1H3,(H,26,28). The minimum atomic E-state index is -0.594. The van der Waals surface area contributed by atoms with E-state index in [2.05, 4.69) is 15.0 Å². The van der Waals surface area contributed by atoms with Crippen LogP contribution in [0.15, 0.2) is 72.1 Å². The molecule has 1 amide bonds. The van der Waals surface area contributed by atoms with E-state index in [4.69, 9.17) is 4.74 Å². The minimum absolute atomic E-state index is 0.235. The van der Waals surface area contributed by atoms with Crippen molar-refractivity contribution in [2.24, 2.45) is 0 Å². The highest BCUT2D eigenvalue weighted by Crippen LogP contribution is 2.28. The number of ether oxygens (including phenoxy) is 2. The lowest BCUT2D eigenvalue weighted by atomic mass is 10.1. The van der Waals surface area contributed by atoms with Crippen LogP contribution < -0.4 is 5.32 Å². The summed E-state index contributed by atoms with van der Waals surface area (Å²) >= 11 is 1.53. The lowest BCUT2D eigenvalue weighted by Crippen LogP contribution is -2.28. The molecule has 0 saturated heterocycles. The maximum Gasteiger partial charge on any atom is 0.339 e. The highest BCUT2D eigenvalue weighted by atomic mass is 32.1. The molecule has 2 aromatic heterocycles. The van der Waals surface area contributed by atoms with E-state index < -0.39 is 24.5 Å². The molecule has 0 aliphatic carbocycles. The molecule has 0 saturated carbocycles. The van der Waals surface area contributed by atoms with Crippen molar-refractivity contribution >= 4 is 40.1 Å². The van der Waals surface area contributed by atoms with Gasteiger partial charge in [-0.05, 0) is 41.3 Å². The largest absolute Gasteiger partial charge is 0.465 e. The van der Waals surface area contributed by atoms with Crippen molar-refractivity contribution in [3.05, 3.63) is 88.8 Å². The van der Waals surface area contributed by atoms with E-state index in [-0.39, 0.29) is 6.54 Å². The van der Waals surface area contributed by atoms with Crippen molar-refractivity contribution < 1.29 is 23.9 Å². The van der Waals surface area contributed by atoms with Gasteiger partial charge in [-0.25, -0.2) is 14.6 Å². The Hall–Kier alpha value is -4.04. The molecule has 2 aromatic carbocycles. The zero-order valence-electron chi connectivity index (χ0n) is 17.7. The number of esters is 2. The molecule has 0 aliphatic rings. The topological polar surface area (TPSA) is 94.6 Å². The molecule has 8 heteroatoms. The number of nitrogens with one attached hydrogen (secondary N) is 1. The van der Waals surface area contributed by atoms with Crippen molar-refractivity contribution in [3.63, 3.8) is 0 Å². The third-order valence-electron chi connectivity index (χ3n) is 4.91. The fourth-order valence-corrected chi connectivity index (χ4v) is 3.92. The number of para-hydroxylation sites is 1. The quantitative estimate of drug-likeness (QED) is 0.415. The van der Waals surface area contributed by atoms with Gasteiger partial charge in [0.05, 0.1) is 34.3 Å². The molecular formula is C25H20N2O5S. The van der Waals surface area contributed by atoms with E-state index >= 15 is 0 Å². The maximum atomic E-state index is 12.8. The summed E-state index contributed by atoms with van der Waals surface area (Å²) in [6.07, 6.45) is 0. The SMILES string of the molecule is COC(=O)c1ccc(CNC(=O)COC(=O)c2cc(-c3cccs3)nc3ccccc23)cc1. The molecule has 4 aromatic rings. The van der Waals surface area contributed by atoms with Crippen LogP contribution in [0.5, 0.6) is 0 Å². The van der Waals surface area contributed by atoms with Crippen LogP contribution in [0, 0.1) is 0 Å². The Kier molecular flexibility index (Phi) is 6.75. The number of pyridine rings is 1. The molecule has 0 aliphatic heterocycles. The Morgan fingerprint density at radius 2 is 1.76 bits per heavy atom. The molecule has 2 heterocycles. The first-order valence-electron chi connectivity index (χ1n) is 10.1. The normalized spacial score (nSPS) is 10.6. The molecule has 0 fully saturated rings. The summed E-state index contributed by atoms with van der Waals surface area (Å²) in [5, 5.41) is 5.30. The number of hydrogen-bond donors (Lipinski definition) is 1. The van der Waals surface area contributed by atoms with Crippen molar-refractivity contribution in [1.29, 1.82) is 0 Å². The summed E-state index contributed by atoms with van der Waals surface area (Å²) in [5.74, 6) is -1.45. The lowest BCUT2D eigenvalue weighted by molar-refractivity contribution is -0.124. The van der Waals surface area contributed by atoms with Crippen LogP contribution in [0.1, 0.15) is 26.3 Å². The zero-order valence-corrected chi connectivity index (χ0v) is 18.6. The number of hydrogen-bond acceptors (Lipinski definition) is 7. The summed E-state index contributed by atoms with van der Waals surface area (Å²) in [4.78, 5) is 42.1. The Morgan fingerprint density at radius 1 is 0.970 bits per heavy atom. The number of rotatable bonds is 7. The fourth-order valence-electron chi connectivity index (χ4n) is 3.23. The number of thiophene rings is 1. The van der Waals surface area contributed by atoms with Gasteiger partial charge in [-0.15, -0.1) is 11.3 Å². The number of carbonyl (C=O) groups excluding carboxylic acids is 3. The number of fused-ring (bicyclic) bond motifs is 1. The number of amides is 1. The molecule has 7 nitrogen and oxygen atoms in total. The number of methoxy groups -OCH3 is 1. The fraction of sp³-hybridized carbons (Fsp3) is 0.120. The molecule has 0 spiro atoms. The van der Waals surface area contributed by atoms with E-state index in [1.165, 1.54) is 18.4 Å². The first-order valence-corrected chi connectivity index (χ1v) is 11.0. The predicted octanol–water partition coefficient (Wildman–Crippen LogP) is 4.22. The molecule has 1 N–H and O–H groups in total. The van der Waals surface area contributed by atoms with Gasteiger partial charge in [-0.1, -0.05) is 36.4 Å². The summed E-state index contributed by atoms with van der Waals surface area (Å²) in [6.45, 7) is -0.178. The summed E-state index contributed by atoms with van der Waals surface area (Å²) in [6, 6.07) is 19.5. The molecule has 0 radical (unpaired) electrons. The van der Waals surface area contributed by atoms with E-state index in [0.29, 0.717) is 27.7 Å². The second-order valence-electron chi connectivity index (χ2n) is 7.09. The van der Waals surface area contributed by atoms with Gasteiger partial charge >= 0.3 is 11.9 Å². The van der Waals surface area contributed by atoms with Crippen molar-refractivity contribution in [1.82, 2.24) is 10.3 Å². The van der Waals surface area contributed by atoms with Crippen LogP contribution in [0.2, 0.25) is 0 Å². The molecule has 0 bridgehead atoms. The Bertz CT molecular complexity index is 1300. The van der Waals surface area contributed by atoms with Crippen LogP contribution in [0.3, 0.4) is 0 Å². The van der Waals surface area contributed by atoms with E-state index in [1.54, 1.807) is 36.4 Å². The average molecular weight is 461 g/mol. The third kappa shape index (κ3) is 5.24.